The molecule has 2 fully saturated rings. The Balaban J connectivity index is 1.79. The normalized spacial score (nSPS) is 28.3. The molecule has 104 valence electrons. The molecule has 0 aromatic heterocycles. The lowest BCUT2D eigenvalue weighted by molar-refractivity contribution is -0.133. The third kappa shape index (κ3) is 3.47. The second kappa shape index (κ2) is 5.60. The molecule has 0 radical (unpaired) electrons. The molecule has 0 aromatic carbocycles. The van der Waals surface area contributed by atoms with Crippen molar-refractivity contribution >= 4 is 5.91 Å². The Bertz CT molecular complexity index is 285. The number of carbonyl (C=O) groups excluding carboxylic acids is 1. The maximum Gasteiger partial charge on any atom is 0.224 e. The van der Waals surface area contributed by atoms with Gasteiger partial charge >= 0.3 is 0 Å². The average Bonchev–Trinajstić information content (AvgIpc) is 2.81. The molecule has 1 saturated carbocycles. The molecule has 1 atom stereocenters. The van der Waals surface area contributed by atoms with Crippen LogP contribution in [0, 0.1) is 5.41 Å². The Morgan fingerprint density at radius 1 is 1.28 bits per heavy atom. The Morgan fingerprint density at radius 3 is 2.50 bits per heavy atom. The van der Waals surface area contributed by atoms with Crippen LogP contribution in [0.25, 0.3) is 0 Å². The van der Waals surface area contributed by atoms with Crippen molar-refractivity contribution in [1.82, 2.24) is 10.2 Å². The van der Waals surface area contributed by atoms with Crippen LogP contribution >= 0.6 is 0 Å². The molecular formula is C15H28N2O. The van der Waals surface area contributed by atoms with Crippen LogP contribution in [0.3, 0.4) is 0 Å². The Labute approximate surface area is 111 Å². The molecular weight excluding hydrogens is 224 g/mol. The van der Waals surface area contributed by atoms with Gasteiger partial charge in [0.2, 0.25) is 5.91 Å². The van der Waals surface area contributed by atoms with E-state index < -0.39 is 0 Å². The molecule has 3 heteroatoms. The monoisotopic (exact) mass is 252 g/mol. The zero-order valence-electron chi connectivity index (χ0n) is 12.2. The Morgan fingerprint density at radius 2 is 1.94 bits per heavy atom. The highest BCUT2D eigenvalue weighted by Crippen LogP contribution is 2.36. The standard InChI is InChI=1S/C15H28N2O/c1-15(2)8-6-13(7-9-15)17(3)14(18)11-12-5-4-10-16-12/h12-13,16H,4-11H2,1-3H3. The van der Waals surface area contributed by atoms with Crippen molar-refractivity contribution in [2.75, 3.05) is 13.6 Å². The predicted molar refractivity (Wildman–Crippen MR) is 74.4 cm³/mol. The summed E-state index contributed by atoms with van der Waals surface area (Å²) in [5.74, 6) is 0.333. The van der Waals surface area contributed by atoms with Crippen molar-refractivity contribution in [2.24, 2.45) is 5.41 Å². The first-order valence-electron chi connectivity index (χ1n) is 7.47. The van der Waals surface area contributed by atoms with Crippen LogP contribution in [0.2, 0.25) is 0 Å². The van der Waals surface area contributed by atoms with Crippen molar-refractivity contribution in [3.05, 3.63) is 0 Å². The van der Waals surface area contributed by atoms with E-state index in [2.05, 4.69) is 19.2 Å². The summed E-state index contributed by atoms with van der Waals surface area (Å²) in [6.07, 6.45) is 7.92. The lowest BCUT2D eigenvalue weighted by atomic mass is 9.75. The van der Waals surface area contributed by atoms with E-state index >= 15 is 0 Å². The summed E-state index contributed by atoms with van der Waals surface area (Å²) in [7, 11) is 2.00. The highest BCUT2D eigenvalue weighted by Gasteiger charge is 2.31. The lowest BCUT2D eigenvalue weighted by Crippen LogP contribution is -2.42. The van der Waals surface area contributed by atoms with Crippen LogP contribution in [0.4, 0.5) is 0 Å². The summed E-state index contributed by atoms with van der Waals surface area (Å²) >= 11 is 0. The number of nitrogens with one attached hydrogen (secondary N) is 1. The maximum atomic E-state index is 12.2. The zero-order chi connectivity index (χ0) is 13.2. The van der Waals surface area contributed by atoms with E-state index in [-0.39, 0.29) is 0 Å². The molecule has 18 heavy (non-hydrogen) atoms. The third-order valence-corrected chi connectivity index (χ3v) is 4.83. The van der Waals surface area contributed by atoms with Gasteiger partial charge in [-0.25, -0.2) is 0 Å². The lowest BCUT2D eigenvalue weighted by Gasteiger charge is -2.38. The summed E-state index contributed by atoms with van der Waals surface area (Å²) in [5.41, 5.74) is 0.480. The molecule has 2 aliphatic rings. The number of nitrogens with zero attached hydrogens (tertiary/aromatic N) is 1. The number of hydrogen-bond acceptors (Lipinski definition) is 2. The van der Waals surface area contributed by atoms with Gasteiger partial charge in [0, 0.05) is 25.6 Å². The van der Waals surface area contributed by atoms with Gasteiger partial charge in [0.25, 0.3) is 0 Å². The van der Waals surface area contributed by atoms with E-state index in [0.29, 0.717) is 29.8 Å². The summed E-state index contributed by atoms with van der Waals surface area (Å²) in [6.45, 7) is 5.76. The second-order valence-corrected chi connectivity index (χ2v) is 6.90. The van der Waals surface area contributed by atoms with Crippen LogP contribution in [-0.2, 0) is 4.79 Å². The van der Waals surface area contributed by atoms with Gasteiger partial charge in [-0.05, 0) is 50.5 Å². The molecule has 1 amide bonds. The van der Waals surface area contributed by atoms with Gasteiger partial charge in [0.1, 0.15) is 0 Å². The smallest absolute Gasteiger partial charge is 0.224 e. The second-order valence-electron chi connectivity index (χ2n) is 6.90. The fraction of sp³-hybridized carbons (Fsp3) is 0.933. The maximum absolute atomic E-state index is 12.2. The molecule has 1 unspecified atom stereocenters. The van der Waals surface area contributed by atoms with E-state index in [9.17, 15) is 4.79 Å². The molecule has 1 aliphatic carbocycles. The van der Waals surface area contributed by atoms with Crippen molar-refractivity contribution < 1.29 is 4.79 Å². The van der Waals surface area contributed by atoms with E-state index in [0.717, 1.165) is 13.0 Å². The molecule has 1 N–H and O–H groups in total. The molecule has 3 nitrogen and oxygen atoms in total. The first kappa shape index (κ1) is 13.9. The van der Waals surface area contributed by atoms with Gasteiger partial charge in [-0.3, -0.25) is 4.79 Å². The molecule has 1 aliphatic heterocycles. The SMILES string of the molecule is CN(C(=O)CC1CCCN1)C1CCC(C)(C)CC1. The van der Waals surface area contributed by atoms with Crippen molar-refractivity contribution in [2.45, 2.75) is 70.9 Å². The van der Waals surface area contributed by atoms with Crippen molar-refractivity contribution in [1.29, 1.82) is 0 Å². The fourth-order valence-corrected chi connectivity index (χ4v) is 3.26. The minimum atomic E-state index is 0.333. The van der Waals surface area contributed by atoms with E-state index in [1.54, 1.807) is 0 Å². The topological polar surface area (TPSA) is 32.3 Å². The minimum absolute atomic E-state index is 0.333. The highest BCUT2D eigenvalue weighted by atomic mass is 16.2. The molecule has 1 heterocycles. The van der Waals surface area contributed by atoms with E-state index in [4.69, 9.17) is 0 Å². The Kier molecular flexibility index (Phi) is 4.31. The van der Waals surface area contributed by atoms with Gasteiger partial charge < -0.3 is 10.2 Å². The van der Waals surface area contributed by atoms with Gasteiger partial charge in [-0.2, -0.15) is 0 Å². The average molecular weight is 252 g/mol. The fourth-order valence-electron chi connectivity index (χ4n) is 3.26. The first-order valence-corrected chi connectivity index (χ1v) is 7.47. The summed E-state index contributed by atoms with van der Waals surface area (Å²) in [5, 5.41) is 3.41. The molecule has 0 spiro atoms. The molecule has 0 aromatic rings. The predicted octanol–water partition coefficient (Wildman–Crippen LogP) is 2.56. The van der Waals surface area contributed by atoms with Gasteiger partial charge in [0.15, 0.2) is 0 Å². The number of hydrogen-bond donors (Lipinski definition) is 1. The van der Waals surface area contributed by atoms with Crippen LogP contribution < -0.4 is 5.32 Å². The third-order valence-electron chi connectivity index (χ3n) is 4.83. The summed E-state index contributed by atoms with van der Waals surface area (Å²) in [4.78, 5) is 14.3. The summed E-state index contributed by atoms with van der Waals surface area (Å²) in [6, 6.07) is 0.909. The van der Waals surface area contributed by atoms with Crippen LogP contribution in [0.1, 0.15) is 58.8 Å². The molecule has 1 saturated heterocycles. The summed E-state index contributed by atoms with van der Waals surface area (Å²) < 4.78 is 0. The minimum Gasteiger partial charge on any atom is -0.343 e. The van der Waals surface area contributed by atoms with Crippen molar-refractivity contribution in [3.63, 3.8) is 0 Å². The first-order chi connectivity index (χ1) is 8.48. The van der Waals surface area contributed by atoms with Crippen LogP contribution in [0.5, 0.6) is 0 Å². The van der Waals surface area contributed by atoms with Gasteiger partial charge in [0.05, 0.1) is 0 Å². The zero-order valence-corrected chi connectivity index (χ0v) is 12.2. The quantitative estimate of drug-likeness (QED) is 0.837. The van der Waals surface area contributed by atoms with Crippen LogP contribution in [0.15, 0.2) is 0 Å². The number of amides is 1. The van der Waals surface area contributed by atoms with Crippen molar-refractivity contribution in [3.8, 4) is 0 Å². The van der Waals surface area contributed by atoms with Crippen LogP contribution in [-0.4, -0.2) is 36.5 Å². The largest absolute Gasteiger partial charge is 0.343 e. The Hall–Kier alpha value is -0.570. The van der Waals surface area contributed by atoms with Gasteiger partial charge in [-0.15, -0.1) is 0 Å². The number of carbonyl (C=O) groups is 1. The van der Waals surface area contributed by atoms with Gasteiger partial charge in [-0.1, -0.05) is 13.8 Å². The number of rotatable bonds is 3. The molecule has 2 rings (SSSR count). The highest BCUT2D eigenvalue weighted by molar-refractivity contribution is 5.77. The molecule has 0 bridgehead atoms. The van der Waals surface area contributed by atoms with E-state index in [1.807, 2.05) is 11.9 Å². The van der Waals surface area contributed by atoms with E-state index in [1.165, 1.54) is 32.1 Å².